The predicted octanol–water partition coefficient (Wildman–Crippen LogP) is 4.63. The van der Waals surface area contributed by atoms with E-state index < -0.39 is 11.9 Å². The van der Waals surface area contributed by atoms with Crippen molar-refractivity contribution in [3.63, 3.8) is 0 Å². The number of alkyl halides is 3. The van der Waals surface area contributed by atoms with Crippen molar-refractivity contribution in [3.8, 4) is 0 Å². The second kappa shape index (κ2) is 7.46. The molecule has 4 rings (SSSR count). The van der Waals surface area contributed by atoms with Crippen LogP contribution in [0.2, 0.25) is 5.02 Å². The van der Waals surface area contributed by atoms with Crippen LogP contribution in [0, 0.1) is 6.92 Å². The highest BCUT2D eigenvalue weighted by atomic mass is 35.5. The molecule has 1 amide bonds. The number of amides is 1. The maximum absolute atomic E-state index is 13.0. The van der Waals surface area contributed by atoms with Crippen molar-refractivity contribution in [1.29, 1.82) is 0 Å². The summed E-state index contributed by atoms with van der Waals surface area (Å²) in [7, 11) is 0. The normalized spacial score (nSPS) is 15.2. The highest BCUT2D eigenvalue weighted by molar-refractivity contribution is 7.20. The summed E-state index contributed by atoms with van der Waals surface area (Å²) in [6.45, 7) is 3.96. The number of hydrogen-bond donors (Lipinski definition) is 0. The third kappa shape index (κ3) is 3.89. The van der Waals surface area contributed by atoms with Gasteiger partial charge >= 0.3 is 6.18 Å². The molecule has 1 fully saturated rings. The fourth-order valence-electron chi connectivity index (χ4n) is 3.30. The second-order valence-corrected chi connectivity index (χ2v) is 8.15. The largest absolute Gasteiger partial charge is 0.433 e. The summed E-state index contributed by atoms with van der Waals surface area (Å²) in [5.74, 6) is 0.617. The first kappa shape index (κ1) is 19.9. The van der Waals surface area contributed by atoms with Crippen LogP contribution in [0.3, 0.4) is 0 Å². The Kier molecular flexibility index (Phi) is 5.12. The molecule has 0 aliphatic carbocycles. The maximum atomic E-state index is 13.0. The highest BCUT2D eigenvalue weighted by Gasteiger charge is 2.33. The number of nitrogens with zero attached hydrogens (tertiary/aromatic N) is 4. The van der Waals surface area contributed by atoms with E-state index in [1.54, 1.807) is 24.1 Å². The Bertz CT molecular complexity index is 1060. The van der Waals surface area contributed by atoms with E-state index in [-0.39, 0.29) is 10.7 Å². The van der Waals surface area contributed by atoms with E-state index in [0.717, 1.165) is 23.2 Å². The minimum atomic E-state index is -4.51. The van der Waals surface area contributed by atoms with Gasteiger partial charge in [0.05, 0.1) is 9.90 Å². The Balaban J connectivity index is 1.52. The zero-order valence-electron chi connectivity index (χ0n) is 15.3. The summed E-state index contributed by atoms with van der Waals surface area (Å²) < 4.78 is 38.8. The molecule has 10 heteroatoms. The molecule has 0 saturated carbocycles. The topological polar surface area (TPSA) is 49.3 Å². The van der Waals surface area contributed by atoms with Gasteiger partial charge in [0.2, 0.25) is 0 Å². The lowest BCUT2D eigenvalue weighted by Crippen LogP contribution is -2.49. The molecular weight excluding hydrogens is 425 g/mol. The molecular formula is C19H16ClF3N4OS. The Labute approximate surface area is 173 Å². The monoisotopic (exact) mass is 440 g/mol. The molecule has 1 aliphatic rings. The Morgan fingerprint density at radius 2 is 1.86 bits per heavy atom. The third-order valence-corrected chi connectivity index (χ3v) is 6.30. The summed E-state index contributed by atoms with van der Waals surface area (Å²) >= 11 is 6.88. The van der Waals surface area contributed by atoms with Crippen LogP contribution in [0.4, 0.5) is 19.0 Å². The summed E-state index contributed by atoms with van der Waals surface area (Å²) in [5.41, 5.74) is -0.285. The van der Waals surface area contributed by atoms with E-state index in [9.17, 15) is 18.0 Å². The molecule has 0 atom stereocenters. The molecule has 152 valence electrons. The lowest BCUT2D eigenvalue weighted by Gasteiger charge is -2.35. The smallest absolute Gasteiger partial charge is 0.353 e. The van der Waals surface area contributed by atoms with Crippen LogP contribution in [0.1, 0.15) is 20.9 Å². The minimum Gasteiger partial charge on any atom is -0.353 e. The van der Waals surface area contributed by atoms with E-state index in [2.05, 4.69) is 14.9 Å². The Morgan fingerprint density at radius 1 is 1.14 bits per heavy atom. The van der Waals surface area contributed by atoms with E-state index in [1.807, 2.05) is 6.07 Å². The molecule has 0 N–H and O–H groups in total. The Morgan fingerprint density at radius 3 is 2.48 bits per heavy atom. The average molecular weight is 441 g/mol. The molecule has 1 aliphatic heterocycles. The van der Waals surface area contributed by atoms with Crippen molar-refractivity contribution < 1.29 is 18.0 Å². The second-order valence-electron chi connectivity index (χ2n) is 6.72. The highest BCUT2D eigenvalue weighted by Crippen LogP contribution is 2.35. The average Bonchev–Trinajstić information content (AvgIpc) is 3.03. The summed E-state index contributed by atoms with van der Waals surface area (Å²) in [6, 6.07) is 5.94. The van der Waals surface area contributed by atoms with Gasteiger partial charge in [0.15, 0.2) is 0 Å². The molecule has 0 spiro atoms. The summed E-state index contributed by atoms with van der Waals surface area (Å²) in [4.78, 5) is 25.4. The molecule has 3 aromatic rings. The van der Waals surface area contributed by atoms with Gasteiger partial charge in [-0.2, -0.15) is 13.2 Å². The molecule has 29 heavy (non-hydrogen) atoms. The van der Waals surface area contributed by atoms with Crippen LogP contribution in [0.5, 0.6) is 0 Å². The molecule has 4 heterocycles. The zero-order valence-corrected chi connectivity index (χ0v) is 16.9. The number of carbonyl (C=O) groups is 1. The first-order chi connectivity index (χ1) is 13.7. The Hall–Kier alpha value is -2.39. The van der Waals surface area contributed by atoms with Crippen molar-refractivity contribution in [2.75, 3.05) is 31.1 Å². The van der Waals surface area contributed by atoms with Crippen molar-refractivity contribution in [3.05, 3.63) is 51.6 Å². The molecule has 0 bridgehead atoms. The SMILES string of the molecule is Cc1c(C(=O)N2CCN(c3ccc(Cl)cn3)CC2)sc2nc(C(F)(F)F)ccc12. The first-order valence-corrected chi connectivity index (χ1v) is 10.1. The fraction of sp³-hybridized carbons (Fsp3) is 0.316. The number of pyridine rings is 2. The lowest BCUT2D eigenvalue weighted by molar-refractivity contribution is -0.140. The third-order valence-electron chi connectivity index (χ3n) is 4.89. The number of halogens is 4. The van der Waals surface area contributed by atoms with Gasteiger partial charge in [0.25, 0.3) is 5.91 Å². The molecule has 0 unspecified atom stereocenters. The van der Waals surface area contributed by atoms with Crippen LogP contribution in [0.25, 0.3) is 10.2 Å². The van der Waals surface area contributed by atoms with Crippen LogP contribution >= 0.6 is 22.9 Å². The van der Waals surface area contributed by atoms with Gasteiger partial charge in [-0.05, 0) is 36.8 Å². The molecule has 0 aromatic carbocycles. The fourth-order valence-corrected chi connectivity index (χ4v) is 4.56. The van der Waals surface area contributed by atoms with Crippen LogP contribution in [-0.2, 0) is 6.18 Å². The standard InChI is InChI=1S/C19H16ClF3N4OS/c1-11-13-3-4-14(19(21,22)23)25-17(13)29-16(11)18(28)27-8-6-26(7-9-27)15-5-2-12(20)10-24-15/h2-5,10H,6-9H2,1H3. The van der Waals surface area contributed by atoms with Crippen molar-refractivity contribution in [2.24, 2.45) is 0 Å². The number of thiophene rings is 1. The van der Waals surface area contributed by atoms with E-state index in [1.165, 1.54) is 6.07 Å². The number of carbonyl (C=O) groups excluding carboxylic acids is 1. The molecule has 3 aromatic heterocycles. The number of aryl methyl sites for hydroxylation is 1. The van der Waals surface area contributed by atoms with Gasteiger partial charge in [-0.3, -0.25) is 4.79 Å². The summed E-state index contributed by atoms with van der Waals surface area (Å²) in [6.07, 6.45) is -2.93. The van der Waals surface area contributed by atoms with E-state index in [0.29, 0.717) is 47.0 Å². The molecule has 0 radical (unpaired) electrons. The minimum absolute atomic E-state index is 0.178. The van der Waals surface area contributed by atoms with Crippen LogP contribution < -0.4 is 4.90 Å². The number of anilines is 1. The quantitative estimate of drug-likeness (QED) is 0.582. The number of piperazine rings is 1. The van der Waals surface area contributed by atoms with Gasteiger partial charge in [-0.1, -0.05) is 11.6 Å². The first-order valence-electron chi connectivity index (χ1n) is 8.87. The van der Waals surface area contributed by atoms with Gasteiger partial charge in [0.1, 0.15) is 16.3 Å². The molecule has 5 nitrogen and oxygen atoms in total. The molecule has 1 saturated heterocycles. The number of rotatable bonds is 2. The number of fused-ring (bicyclic) bond motifs is 1. The van der Waals surface area contributed by atoms with Crippen LogP contribution in [0.15, 0.2) is 30.5 Å². The maximum Gasteiger partial charge on any atom is 0.433 e. The lowest BCUT2D eigenvalue weighted by atomic mass is 10.1. The van der Waals surface area contributed by atoms with E-state index in [4.69, 9.17) is 11.6 Å². The van der Waals surface area contributed by atoms with Gasteiger partial charge in [-0.25, -0.2) is 9.97 Å². The predicted molar refractivity (Wildman–Crippen MR) is 107 cm³/mol. The summed E-state index contributed by atoms with van der Waals surface area (Å²) in [5, 5.41) is 1.14. The van der Waals surface area contributed by atoms with Gasteiger partial charge in [-0.15, -0.1) is 11.3 Å². The number of hydrogen-bond acceptors (Lipinski definition) is 5. The van der Waals surface area contributed by atoms with Crippen LogP contribution in [-0.4, -0.2) is 47.0 Å². The van der Waals surface area contributed by atoms with Crippen molar-refractivity contribution in [1.82, 2.24) is 14.9 Å². The van der Waals surface area contributed by atoms with Gasteiger partial charge in [0, 0.05) is 37.8 Å². The van der Waals surface area contributed by atoms with Crippen molar-refractivity contribution in [2.45, 2.75) is 13.1 Å². The zero-order chi connectivity index (χ0) is 20.8. The van der Waals surface area contributed by atoms with Crippen molar-refractivity contribution >= 4 is 44.9 Å². The van der Waals surface area contributed by atoms with Gasteiger partial charge < -0.3 is 9.80 Å². The van der Waals surface area contributed by atoms with E-state index >= 15 is 0 Å². The number of aromatic nitrogens is 2.